The molecule has 1 atom stereocenters. The Labute approximate surface area is 112 Å². The third-order valence-corrected chi connectivity index (χ3v) is 3.57. The molecule has 1 aliphatic heterocycles. The molecule has 0 amide bonds. The number of rotatable bonds is 4. The van der Waals surface area contributed by atoms with Crippen LogP contribution >= 0.6 is 0 Å². The number of benzene rings is 1. The number of carbonyl (C=O) groups is 1. The molecule has 1 aromatic carbocycles. The van der Waals surface area contributed by atoms with Crippen molar-refractivity contribution in [3.05, 3.63) is 48.3 Å². The summed E-state index contributed by atoms with van der Waals surface area (Å²) < 4.78 is 1.73. The monoisotopic (exact) mass is 255 g/mol. The normalized spacial score (nSPS) is 18.6. The molecule has 1 unspecified atom stereocenters. The summed E-state index contributed by atoms with van der Waals surface area (Å²) in [6.07, 6.45) is 3.38. The fourth-order valence-electron chi connectivity index (χ4n) is 2.54. The van der Waals surface area contributed by atoms with Crippen LogP contribution in [0, 0.1) is 5.92 Å². The molecule has 0 spiro atoms. The van der Waals surface area contributed by atoms with Crippen LogP contribution in [0.2, 0.25) is 0 Å². The van der Waals surface area contributed by atoms with E-state index in [1.165, 1.54) is 0 Å². The molecule has 0 aliphatic carbocycles. The summed E-state index contributed by atoms with van der Waals surface area (Å²) in [5, 5.41) is 7.56. The fourth-order valence-corrected chi connectivity index (χ4v) is 2.54. The third-order valence-electron chi connectivity index (χ3n) is 3.57. The quantitative estimate of drug-likeness (QED) is 0.851. The van der Waals surface area contributed by atoms with Crippen molar-refractivity contribution in [2.45, 2.75) is 12.8 Å². The predicted molar refractivity (Wildman–Crippen MR) is 73.5 cm³/mol. The fraction of sp³-hybridized carbons (Fsp3) is 0.333. The van der Waals surface area contributed by atoms with Gasteiger partial charge in [0.15, 0.2) is 5.78 Å². The van der Waals surface area contributed by atoms with Crippen molar-refractivity contribution in [1.82, 2.24) is 15.1 Å². The van der Waals surface area contributed by atoms with Crippen molar-refractivity contribution in [3.8, 4) is 5.69 Å². The zero-order chi connectivity index (χ0) is 13.1. The number of hydrogen-bond acceptors (Lipinski definition) is 3. The number of nitrogens with one attached hydrogen (secondary N) is 1. The van der Waals surface area contributed by atoms with Gasteiger partial charge in [-0.3, -0.25) is 4.79 Å². The maximum absolute atomic E-state index is 12.4. The molecule has 2 aromatic rings. The van der Waals surface area contributed by atoms with Crippen molar-refractivity contribution in [1.29, 1.82) is 0 Å². The highest BCUT2D eigenvalue weighted by Crippen LogP contribution is 2.18. The van der Waals surface area contributed by atoms with E-state index in [4.69, 9.17) is 0 Å². The largest absolute Gasteiger partial charge is 0.316 e. The molecule has 1 fully saturated rings. The van der Waals surface area contributed by atoms with E-state index in [0.29, 0.717) is 18.0 Å². The van der Waals surface area contributed by atoms with Crippen LogP contribution in [0.5, 0.6) is 0 Å². The number of para-hydroxylation sites is 1. The lowest BCUT2D eigenvalue weighted by molar-refractivity contribution is 0.0957. The highest BCUT2D eigenvalue weighted by molar-refractivity contribution is 5.95. The van der Waals surface area contributed by atoms with Crippen molar-refractivity contribution in [2.75, 3.05) is 13.1 Å². The van der Waals surface area contributed by atoms with Gasteiger partial charge in [-0.2, -0.15) is 5.10 Å². The van der Waals surface area contributed by atoms with E-state index >= 15 is 0 Å². The standard InChI is InChI=1S/C15H17N3O/c19-15(10-12-6-8-16-11-12)14-7-9-17-18(14)13-4-2-1-3-5-13/h1-5,7,9,12,16H,6,8,10-11H2. The van der Waals surface area contributed by atoms with Crippen molar-refractivity contribution < 1.29 is 4.79 Å². The molecule has 0 bridgehead atoms. The Bertz CT molecular complexity index is 556. The second kappa shape index (κ2) is 5.36. The van der Waals surface area contributed by atoms with Gasteiger partial charge in [0, 0.05) is 6.42 Å². The summed E-state index contributed by atoms with van der Waals surface area (Å²) in [5.41, 5.74) is 1.61. The first-order valence-corrected chi connectivity index (χ1v) is 6.68. The molecule has 0 saturated carbocycles. The average molecular weight is 255 g/mol. The van der Waals surface area contributed by atoms with Gasteiger partial charge in [0.2, 0.25) is 0 Å². The van der Waals surface area contributed by atoms with E-state index in [1.54, 1.807) is 16.9 Å². The van der Waals surface area contributed by atoms with Crippen LogP contribution in [0.3, 0.4) is 0 Å². The predicted octanol–water partition coefficient (Wildman–Crippen LogP) is 2.05. The lowest BCUT2D eigenvalue weighted by atomic mass is 10.0. The number of ketones is 1. The molecule has 1 N–H and O–H groups in total. The SMILES string of the molecule is O=C(CC1CCNC1)c1ccnn1-c1ccccc1. The molecule has 19 heavy (non-hydrogen) atoms. The van der Waals surface area contributed by atoms with E-state index in [9.17, 15) is 4.79 Å². The summed E-state index contributed by atoms with van der Waals surface area (Å²) in [5.74, 6) is 0.640. The van der Waals surface area contributed by atoms with Gasteiger partial charge in [-0.05, 0) is 43.6 Å². The minimum Gasteiger partial charge on any atom is -0.316 e. The van der Waals surface area contributed by atoms with Crippen LogP contribution < -0.4 is 5.32 Å². The molecular weight excluding hydrogens is 238 g/mol. The van der Waals surface area contributed by atoms with Gasteiger partial charge in [-0.15, -0.1) is 0 Å². The molecule has 4 nitrogen and oxygen atoms in total. The Hall–Kier alpha value is -1.94. The van der Waals surface area contributed by atoms with Crippen molar-refractivity contribution >= 4 is 5.78 Å². The van der Waals surface area contributed by atoms with Gasteiger partial charge in [0.1, 0.15) is 5.69 Å². The van der Waals surface area contributed by atoms with Crippen LogP contribution in [0.15, 0.2) is 42.6 Å². The summed E-state index contributed by atoms with van der Waals surface area (Å²) in [4.78, 5) is 12.4. The van der Waals surface area contributed by atoms with Gasteiger partial charge >= 0.3 is 0 Å². The summed E-state index contributed by atoms with van der Waals surface area (Å²) >= 11 is 0. The molecule has 1 saturated heterocycles. The Morgan fingerprint density at radius 2 is 2.16 bits per heavy atom. The second-order valence-corrected chi connectivity index (χ2v) is 4.95. The first-order chi connectivity index (χ1) is 9.34. The lowest BCUT2D eigenvalue weighted by Gasteiger charge is -2.09. The topological polar surface area (TPSA) is 46.9 Å². The summed E-state index contributed by atoms with van der Waals surface area (Å²) in [6.45, 7) is 1.97. The Kier molecular flexibility index (Phi) is 3.42. The van der Waals surface area contributed by atoms with Crippen molar-refractivity contribution in [3.63, 3.8) is 0 Å². The zero-order valence-electron chi connectivity index (χ0n) is 10.7. The van der Waals surface area contributed by atoms with E-state index in [2.05, 4.69) is 10.4 Å². The smallest absolute Gasteiger partial charge is 0.181 e. The van der Waals surface area contributed by atoms with Crippen LogP contribution in [0.1, 0.15) is 23.3 Å². The van der Waals surface area contributed by atoms with Crippen LogP contribution in [0.25, 0.3) is 5.69 Å². The molecule has 1 aromatic heterocycles. The van der Waals surface area contributed by atoms with Crippen molar-refractivity contribution in [2.24, 2.45) is 5.92 Å². The van der Waals surface area contributed by atoms with Crippen LogP contribution in [0.4, 0.5) is 0 Å². The lowest BCUT2D eigenvalue weighted by Crippen LogP contribution is -2.15. The van der Waals surface area contributed by atoms with E-state index in [1.807, 2.05) is 30.3 Å². The molecule has 0 radical (unpaired) electrons. The van der Waals surface area contributed by atoms with E-state index < -0.39 is 0 Å². The minimum atomic E-state index is 0.176. The van der Waals surface area contributed by atoms with Gasteiger partial charge < -0.3 is 5.32 Å². The number of Topliss-reactive ketones (excluding diaryl/α,β-unsaturated/α-hetero) is 1. The van der Waals surface area contributed by atoms with Gasteiger partial charge in [-0.1, -0.05) is 18.2 Å². The number of hydrogen-bond donors (Lipinski definition) is 1. The van der Waals surface area contributed by atoms with E-state index in [0.717, 1.165) is 25.2 Å². The van der Waals surface area contributed by atoms with Gasteiger partial charge in [0.05, 0.1) is 11.9 Å². The third kappa shape index (κ3) is 2.58. The average Bonchev–Trinajstić information content (AvgIpc) is 3.10. The maximum Gasteiger partial charge on any atom is 0.181 e. The summed E-state index contributed by atoms with van der Waals surface area (Å²) in [7, 11) is 0. The Balaban J connectivity index is 1.81. The maximum atomic E-state index is 12.4. The Morgan fingerprint density at radius 1 is 1.32 bits per heavy atom. The molecule has 3 rings (SSSR count). The van der Waals surface area contributed by atoms with E-state index in [-0.39, 0.29) is 5.78 Å². The molecule has 98 valence electrons. The van der Waals surface area contributed by atoms with Crippen LogP contribution in [-0.2, 0) is 0 Å². The number of nitrogens with zero attached hydrogens (tertiary/aromatic N) is 2. The first-order valence-electron chi connectivity index (χ1n) is 6.68. The van der Waals surface area contributed by atoms with Crippen LogP contribution in [-0.4, -0.2) is 28.7 Å². The first kappa shape index (κ1) is 12.1. The zero-order valence-corrected chi connectivity index (χ0v) is 10.7. The highest BCUT2D eigenvalue weighted by atomic mass is 16.1. The molecule has 2 heterocycles. The highest BCUT2D eigenvalue weighted by Gasteiger charge is 2.21. The number of aromatic nitrogens is 2. The van der Waals surface area contributed by atoms with Gasteiger partial charge in [0.25, 0.3) is 0 Å². The Morgan fingerprint density at radius 3 is 2.89 bits per heavy atom. The molecule has 1 aliphatic rings. The van der Waals surface area contributed by atoms with Gasteiger partial charge in [-0.25, -0.2) is 4.68 Å². The molecule has 4 heteroatoms. The minimum absolute atomic E-state index is 0.176. The summed E-state index contributed by atoms with van der Waals surface area (Å²) in [6, 6.07) is 11.6. The second-order valence-electron chi connectivity index (χ2n) is 4.95. The number of carbonyl (C=O) groups excluding carboxylic acids is 1. The molecular formula is C15H17N3O.